The van der Waals surface area contributed by atoms with Crippen LogP contribution in [0.1, 0.15) is 50.9 Å². The van der Waals surface area contributed by atoms with E-state index in [4.69, 9.17) is 4.42 Å². The molecule has 2 atom stereocenters. The molecule has 20 heavy (non-hydrogen) atoms. The molecule has 3 rings (SSSR count). The maximum Gasteiger partial charge on any atom is 0.134 e. The minimum atomic E-state index is 0.193. The Morgan fingerprint density at radius 2 is 2.20 bits per heavy atom. The van der Waals surface area contributed by atoms with Gasteiger partial charge < -0.3 is 9.73 Å². The molecule has 1 saturated carbocycles. The largest absolute Gasteiger partial charge is 0.460 e. The van der Waals surface area contributed by atoms with Gasteiger partial charge in [0.05, 0.1) is 0 Å². The van der Waals surface area contributed by atoms with E-state index in [1.807, 2.05) is 0 Å². The molecule has 0 spiro atoms. The zero-order valence-corrected chi connectivity index (χ0v) is 12.8. The van der Waals surface area contributed by atoms with Gasteiger partial charge in [0.15, 0.2) is 0 Å². The Hall–Kier alpha value is -1.28. The summed E-state index contributed by atoms with van der Waals surface area (Å²) in [5.41, 5.74) is 2.51. The molecular weight excluding hydrogens is 246 g/mol. The molecule has 1 N–H and O–H groups in total. The molecule has 0 amide bonds. The van der Waals surface area contributed by atoms with Crippen LogP contribution in [0.2, 0.25) is 0 Å². The van der Waals surface area contributed by atoms with Gasteiger partial charge in [-0.2, -0.15) is 0 Å². The lowest BCUT2D eigenvalue weighted by molar-refractivity contribution is 0.369. The van der Waals surface area contributed by atoms with Crippen LogP contribution in [0.4, 0.5) is 0 Å². The molecule has 1 aromatic carbocycles. The van der Waals surface area contributed by atoms with Crippen LogP contribution in [0.15, 0.2) is 28.7 Å². The number of furan rings is 1. The molecule has 2 aromatic rings. The lowest BCUT2D eigenvalue weighted by Gasteiger charge is -2.21. The van der Waals surface area contributed by atoms with E-state index in [-0.39, 0.29) is 5.41 Å². The summed E-state index contributed by atoms with van der Waals surface area (Å²) in [5, 5.41) is 4.90. The quantitative estimate of drug-likeness (QED) is 0.882. The summed E-state index contributed by atoms with van der Waals surface area (Å²) >= 11 is 0. The molecule has 2 nitrogen and oxygen atoms in total. The van der Waals surface area contributed by atoms with Crippen LogP contribution < -0.4 is 5.32 Å². The number of aryl methyl sites for hydroxylation is 1. The first-order valence-electron chi connectivity index (χ1n) is 7.85. The molecule has 1 fully saturated rings. The highest BCUT2D eigenvalue weighted by Crippen LogP contribution is 2.42. The normalized spacial score (nSPS) is 26.4. The Bertz CT molecular complexity index is 600. The lowest BCUT2D eigenvalue weighted by atomic mass is 9.85. The van der Waals surface area contributed by atoms with E-state index in [2.05, 4.69) is 50.4 Å². The summed E-state index contributed by atoms with van der Waals surface area (Å²) in [7, 11) is 0. The van der Waals surface area contributed by atoms with Crippen molar-refractivity contribution >= 4 is 11.0 Å². The summed E-state index contributed by atoms with van der Waals surface area (Å²) in [6.07, 6.45) is 4.86. The molecule has 1 aliphatic rings. The van der Waals surface area contributed by atoms with Crippen molar-refractivity contribution in [2.45, 2.75) is 57.9 Å². The van der Waals surface area contributed by atoms with Gasteiger partial charge >= 0.3 is 0 Å². The Labute approximate surface area is 121 Å². The van der Waals surface area contributed by atoms with Gasteiger partial charge in [0, 0.05) is 16.8 Å². The average molecular weight is 271 g/mol. The number of benzene rings is 1. The topological polar surface area (TPSA) is 25.2 Å². The molecule has 2 heteroatoms. The minimum absolute atomic E-state index is 0.193. The molecule has 0 aliphatic heterocycles. The fourth-order valence-electron chi connectivity index (χ4n) is 3.45. The first-order chi connectivity index (χ1) is 9.60. The summed E-state index contributed by atoms with van der Waals surface area (Å²) in [5.74, 6) is 1.17. The van der Waals surface area contributed by atoms with E-state index in [0.717, 1.165) is 12.1 Å². The smallest absolute Gasteiger partial charge is 0.134 e. The second kappa shape index (κ2) is 5.25. The third kappa shape index (κ3) is 2.49. The van der Waals surface area contributed by atoms with Gasteiger partial charge in [-0.25, -0.2) is 0 Å². The summed E-state index contributed by atoms with van der Waals surface area (Å²) in [6.45, 7) is 7.84. The molecule has 108 valence electrons. The molecule has 1 aliphatic carbocycles. The average Bonchev–Trinajstić information content (AvgIpc) is 3.01. The van der Waals surface area contributed by atoms with Crippen LogP contribution in [-0.2, 0) is 5.41 Å². The van der Waals surface area contributed by atoms with Gasteiger partial charge in [-0.15, -0.1) is 0 Å². The third-order valence-corrected chi connectivity index (χ3v) is 4.69. The molecule has 1 aromatic heterocycles. The van der Waals surface area contributed by atoms with Crippen molar-refractivity contribution in [2.24, 2.45) is 0 Å². The van der Waals surface area contributed by atoms with Crippen LogP contribution in [0.5, 0.6) is 0 Å². The van der Waals surface area contributed by atoms with Crippen LogP contribution in [-0.4, -0.2) is 12.6 Å². The fraction of sp³-hybridized carbons (Fsp3) is 0.556. The van der Waals surface area contributed by atoms with Crippen LogP contribution in [0, 0.1) is 6.92 Å². The number of fused-ring (bicyclic) bond motifs is 1. The SMILES string of the molecule is CCCNC1CCC(C)(c2cc3cc(C)ccc3o2)C1. The van der Waals surface area contributed by atoms with Crippen LogP contribution in [0.3, 0.4) is 0 Å². The second-order valence-electron chi connectivity index (χ2n) is 6.61. The second-order valence-corrected chi connectivity index (χ2v) is 6.61. The number of hydrogen-bond acceptors (Lipinski definition) is 2. The van der Waals surface area contributed by atoms with Crippen LogP contribution >= 0.6 is 0 Å². The zero-order chi connectivity index (χ0) is 14.2. The summed E-state index contributed by atoms with van der Waals surface area (Å²) < 4.78 is 6.13. The highest BCUT2D eigenvalue weighted by atomic mass is 16.3. The van der Waals surface area contributed by atoms with Crippen LogP contribution in [0.25, 0.3) is 11.0 Å². The molecular formula is C18H25NO. The standard InChI is InChI=1S/C18H25NO/c1-4-9-19-15-7-8-18(3,12-15)17-11-14-10-13(2)5-6-16(14)20-17/h5-6,10-11,15,19H,4,7-9,12H2,1-3H3. The van der Waals surface area contributed by atoms with Gasteiger partial charge in [0.25, 0.3) is 0 Å². The van der Waals surface area contributed by atoms with Gasteiger partial charge in [-0.1, -0.05) is 25.5 Å². The predicted molar refractivity (Wildman–Crippen MR) is 84.2 cm³/mol. The Balaban J connectivity index is 1.83. The van der Waals surface area contributed by atoms with E-state index in [0.29, 0.717) is 6.04 Å². The monoisotopic (exact) mass is 271 g/mol. The first-order valence-corrected chi connectivity index (χ1v) is 7.85. The minimum Gasteiger partial charge on any atom is -0.460 e. The molecule has 1 heterocycles. The summed E-state index contributed by atoms with van der Waals surface area (Å²) in [6, 6.07) is 9.34. The van der Waals surface area contributed by atoms with E-state index in [1.165, 1.54) is 42.4 Å². The van der Waals surface area contributed by atoms with E-state index in [9.17, 15) is 0 Å². The molecule has 2 unspecified atom stereocenters. The number of rotatable bonds is 4. The van der Waals surface area contributed by atoms with E-state index in [1.54, 1.807) is 0 Å². The first kappa shape index (κ1) is 13.7. The molecule has 0 radical (unpaired) electrons. The van der Waals surface area contributed by atoms with Crippen molar-refractivity contribution < 1.29 is 4.42 Å². The maximum absolute atomic E-state index is 6.13. The van der Waals surface area contributed by atoms with Gasteiger partial charge in [-0.3, -0.25) is 0 Å². The fourth-order valence-corrected chi connectivity index (χ4v) is 3.45. The van der Waals surface area contributed by atoms with Gasteiger partial charge in [0.2, 0.25) is 0 Å². The van der Waals surface area contributed by atoms with Crippen molar-refractivity contribution in [3.05, 3.63) is 35.6 Å². The van der Waals surface area contributed by atoms with Gasteiger partial charge in [0.1, 0.15) is 11.3 Å². The number of nitrogens with one attached hydrogen (secondary N) is 1. The van der Waals surface area contributed by atoms with Crippen molar-refractivity contribution in [2.75, 3.05) is 6.54 Å². The van der Waals surface area contributed by atoms with Crippen molar-refractivity contribution in [3.63, 3.8) is 0 Å². The number of hydrogen-bond donors (Lipinski definition) is 1. The predicted octanol–water partition coefficient (Wildman–Crippen LogP) is 4.55. The van der Waals surface area contributed by atoms with Crippen molar-refractivity contribution in [1.82, 2.24) is 5.32 Å². The Morgan fingerprint density at radius 3 is 3.00 bits per heavy atom. The lowest BCUT2D eigenvalue weighted by Crippen LogP contribution is -2.29. The van der Waals surface area contributed by atoms with Gasteiger partial charge in [-0.05, 0) is 57.4 Å². The van der Waals surface area contributed by atoms with E-state index < -0.39 is 0 Å². The zero-order valence-electron chi connectivity index (χ0n) is 12.8. The highest BCUT2D eigenvalue weighted by Gasteiger charge is 2.38. The molecule has 0 bridgehead atoms. The van der Waals surface area contributed by atoms with Crippen molar-refractivity contribution in [3.8, 4) is 0 Å². The van der Waals surface area contributed by atoms with E-state index >= 15 is 0 Å². The highest BCUT2D eigenvalue weighted by molar-refractivity contribution is 5.79. The Morgan fingerprint density at radius 1 is 1.35 bits per heavy atom. The summed E-state index contributed by atoms with van der Waals surface area (Å²) in [4.78, 5) is 0. The third-order valence-electron chi connectivity index (χ3n) is 4.69. The Kier molecular flexibility index (Phi) is 3.59. The molecule has 0 saturated heterocycles. The maximum atomic E-state index is 6.13. The van der Waals surface area contributed by atoms with Crippen molar-refractivity contribution in [1.29, 1.82) is 0 Å².